The Balaban J connectivity index is 2.14. The minimum absolute atomic E-state index is 0.0565. The van der Waals surface area contributed by atoms with Crippen molar-refractivity contribution in [3.8, 4) is 0 Å². The zero-order valence-electron chi connectivity index (χ0n) is 17.1. The lowest BCUT2D eigenvalue weighted by Crippen LogP contribution is -2.52. The van der Waals surface area contributed by atoms with E-state index in [1.54, 1.807) is 23.1 Å². The first-order valence-corrected chi connectivity index (χ1v) is 9.60. The average Bonchev–Trinajstić information content (AvgIpc) is 2.62. The summed E-state index contributed by atoms with van der Waals surface area (Å²) in [6.07, 6.45) is 1.54. The van der Waals surface area contributed by atoms with Crippen LogP contribution in [-0.4, -0.2) is 54.6 Å². The number of aliphatic carboxylic acids is 1. The van der Waals surface area contributed by atoms with Crippen molar-refractivity contribution in [1.82, 2.24) is 4.90 Å². The van der Waals surface area contributed by atoms with Gasteiger partial charge in [-0.1, -0.05) is 13.8 Å². The van der Waals surface area contributed by atoms with E-state index in [1.165, 1.54) is 7.11 Å². The summed E-state index contributed by atoms with van der Waals surface area (Å²) in [7, 11) is 1.47. The number of carboxylic acid groups (broad SMARTS) is 1. The van der Waals surface area contributed by atoms with Crippen LogP contribution in [0.25, 0.3) is 0 Å². The molecule has 1 heterocycles. The standard InChI is InChI=1S/C21H30N2O5/c1-14(2)10-18(24)22-17-7-6-16(11-15(17)3)19(25)23-9-5-8-21(12-23,13-28-4)20(26)27/h6-7,11,14H,5,8-10,12-13H2,1-4H3,(H,22,24)(H,26,27). The molecule has 7 heteroatoms. The van der Waals surface area contributed by atoms with Gasteiger partial charge in [0.05, 0.1) is 6.61 Å². The molecule has 1 aromatic carbocycles. The minimum atomic E-state index is -1.07. The molecular formula is C21H30N2O5. The van der Waals surface area contributed by atoms with E-state index in [0.29, 0.717) is 37.1 Å². The van der Waals surface area contributed by atoms with Gasteiger partial charge in [-0.2, -0.15) is 0 Å². The van der Waals surface area contributed by atoms with Crippen LogP contribution < -0.4 is 5.32 Å². The molecule has 1 atom stereocenters. The fourth-order valence-electron chi connectivity index (χ4n) is 3.63. The molecule has 1 aliphatic heterocycles. The number of hydrogen-bond donors (Lipinski definition) is 2. The number of methoxy groups -OCH3 is 1. The van der Waals surface area contributed by atoms with Crippen LogP contribution in [0.2, 0.25) is 0 Å². The Bertz CT molecular complexity index is 742. The zero-order chi connectivity index (χ0) is 20.9. The van der Waals surface area contributed by atoms with Crippen LogP contribution in [0.15, 0.2) is 18.2 Å². The second-order valence-corrected chi connectivity index (χ2v) is 8.02. The van der Waals surface area contributed by atoms with Crippen molar-refractivity contribution >= 4 is 23.5 Å². The third-order valence-corrected chi connectivity index (χ3v) is 5.08. The summed E-state index contributed by atoms with van der Waals surface area (Å²) in [6.45, 7) is 6.52. The molecule has 0 aromatic heterocycles. The van der Waals surface area contributed by atoms with E-state index < -0.39 is 11.4 Å². The number of carbonyl (C=O) groups is 3. The number of rotatable bonds is 7. The molecule has 0 radical (unpaired) electrons. The summed E-state index contributed by atoms with van der Waals surface area (Å²) in [4.78, 5) is 38.3. The number of anilines is 1. The average molecular weight is 390 g/mol. The Labute approximate surface area is 166 Å². The van der Waals surface area contributed by atoms with Gasteiger partial charge in [-0.25, -0.2) is 0 Å². The number of likely N-dealkylation sites (tertiary alicyclic amines) is 1. The summed E-state index contributed by atoms with van der Waals surface area (Å²) in [5, 5.41) is 12.5. The second-order valence-electron chi connectivity index (χ2n) is 8.02. The normalized spacial score (nSPS) is 19.5. The van der Waals surface area contributed by atoms with E-state index in [2.05, 4.69) is 5.32 Å². The van der Waals surface area contributed by atoms with Crippen molar-refractivity contribution in [3.05, 3.63) is 29.3 Å². The van der Waals surface area contributed by atoms with Crippen LogP contribution in [0.4, 0.5) is 5.69 Å². The Morgan fingerprint density at radius 2 is 2.04 bits per heavy atom. The van der Waals surface area contributed by atoms with Crippen LogP contribution >= 0.6 is 0 Å². The van der Waals surface area contributed by atoms with Gasteiger partial charge >= 0.3 is 5.97 Å². The Kier molecular flexibility index (Phi) is 7.18. The zero-order valence-corrected chi connectivity index (χ0v) is 17.1. The smallest absolute Gasteiger partial charge is 0.313 e. The van der Waals surface area contributed by atoms with Crippen molar-refractivity contribution in [2.75, 3.05) is 32.1 Å². The molecule has 0 spiro atoms. The van der Waals surface area contributed by atoms with E-state index in [9.17, 15) is 19.5 Å². The Hall–Kier alpha value is -2.41. The van der Waals surface area contributed by atoms with Gasteiger partial charge in [-0.15, -0.1) is 0 Å². The number of carboxylic acids is 1. The van der Waals surface area contributed by atoms with Gasteiger partial charge in [-0.3, -0.25) is 14.4 Å². The first-order valence-electron chi connectivity index (χ1n) is 9.60. The van der Waals surface area contributed by atoms with E-state index in [1.807, 2.05) is 20.8 Å². The van der Waals surface area contributed by atoms with Gasteiger partial charge in [0.2, 0.25) is 5.91 Å². The highest BCUT2D eigenvalue weighted by atomic mass is 16.5. The number of hydrogen-bond acceptors (Lipinski definition) is 4. The number of carbonyl (C=O) groups excluding carboxylic acids is 2. The first-order chi connectivity index (χ1) is 13.2. The summed E-state index contributed by atoms with van der Waals surface area (Å²) >= 11 is 0. The number of benzene rings is 1. The molecule has 1 fully saturated rings. The lowest BCUT2D eigenvalue weighted by molar-refractivity contribution is -0.155. The van der Waals surface area contributed by atoms with Gasteiger partial charge in [0.25, 0.3) is 5.91 Å². The summed E-state index contributed by atoms with van der Waals surface area (Å²) < 4.78 is 5.12. The van der Waals surface area contributed by atoms with Gasteiger partial charge in [0.15, 0.2) is 0 Å². The van der Waals surface area contributed by atoms with Gasteiger partial charge in [-0.05, 0) is 49.4 Å². The molecule has 0 bridgehead atoms. The molecule has 0 aliphatic carbocycles. The lowest BCUT2D eigenvalue weighted by Gasteiger charge is -2.39. The highest BCUT2D eigenvalue weighted by molar-refractivity contribution is 5.97. The van der Waals surface area contributed by atoms with E-state index in [-0.39, 0.29) is 30.9 Å². The molecule has 2 rings (SSSR count). The SMILES string of the molecule is COCC1(C(=O)O)CCCN(C(=O)c2ccc(NC(=O)CC(C)C)c(C)c2)C1. The van der Waals surface area contributed by atoms with Crippen LogP contribution in [0, 0.1) is 18.3 Å². The van der Waals surface area contributed by atoms with Gasteiger partial charge in [0, 0.05) is 37.9 Å². The quantitative estimate of drug-likeness (QED) is 0.746. The molecule has 28 heavy (non-hydrogen) atoms. The molecule has 1 aliphatic rings. The van der Waals surface area contributed by atoms with Crippen LogP contribution in [0.1, 0.15) is 49.0 Å². The summed E-state index contributed by atoms with van der Waals surface area (Å²) in [6, 6.07) is 5.14. The van der Waals surface area contributed by atoms with Crippen molar-refractivity contribution in [1.29, 1.82) is 0 Å². The fourth-order valence-corrected chi connectivity index (χ4v) is 3.63. The number of ether oxygens (including phenoxy) is 1. The molecular weight excluding hydrogens is 360 g/mol. The Morgan fingerprint density at radius 1 is 1.32 bits per heavy atom. The minimum Gasteiger partial charge on any atom is -0.481 e. The van der Waals surface area contributed by atoms with E-state index in [4.69, 9.17) is 4.74 Å². The third-order valence-electron chi connectivity index (χ3n) is 5.08. The Morgan fingerprint density at radius 3 is 2.61 bits per heavy atom. The van der Waals surface area contributed by atoms with Crippen molar-refractivity contribution < 1.29 is 24.2 Å². The van der Waals surface area contributed by atoms with Crippen molar-refractivity contribution in [3.63, 3.8) is 0 Å². The molecule has 2 amide bonds. The van der Waals surface area contributed by atoms with Crippen LogP contribution in [-0.2, 0) is 14.3 Å². The molecule has 1 saturated heterocycles. The molecule has 154 valence electrons. The van der Waals surface area contributed by atoms with Crippen molar-refractivity contribution in [2.24, 2.45) is 11.3 Å². The molecule has 7 nitrogen and oxygen atoms in total. The highest BCUT2D eigenvalue weighted by Crippen LogP contribution is 2.32. The summed E-state index contributed by atoms with van der Waals surface area (Å²) in [5.41, 5.74) is 0.891. The van der Waals surface area contributed by atoms with E-state index >= 15 is 0 Å². The van der Waals surface area contributed by atoms with E-state index in [0.717, 1.165) is 5.56 Å². The predicted molar refractivity (Wildman–Crippen MR) is 106 cm³/mol. The largest absolute Gasteiger partial charge is 0.481 e. The number of piperidine rings is 1. The summed E-state index contributed by atoms with van der Waals surface area (Å²) in [5.74, 6) is -0.934. The molecule has 0 saturated carbocycles. The monoisotopic (exact) mass is 390 g/mol. The molecule has 2 N–H and O–H groups in total. The van der Waals surface area contributed by atoms with Crippen LogP contribution in [0.3, 0.4) is 0 Å². The van der Waals surface area contributed by atoms with Crippen LogP contribution in [0.5, 0.6) is 0 Å². The third kappa shape index (κ3) is 5.10. The maximum atomic E-state index is 13.0. The lowest BCUT2D eigenvalue weighted by atomic mass is 9.80. The van der Waals surface area contributed by atoms with Gasteiger partial charge in [0.1, 0.15) is 5.41 Å². The fraction of sp³-hybridized carbons (Fsp3) is 0.571. The molecule has 1 unspecified atom stereocenters. The topological polar surface area (TPSA) is 95.9 Å². The maximum Gasteiger partial charge on any atom is 0.313 e. The predicted octanol–water partition coefficient (Wildman–Crippen LogP) is 2.93. The second kappa shape index (κ2) is 9.19. The highest BCUT2D eigenvalue weighted by Gasteiger charge is 2.44. The number of nitrogens with one attached hydrogen (secondary N) is 1. The number of nitrogens with zero attached hydrogens (tertiary/aromatic N) is 1. The number of aryl methyl sites for hydroxylation is 1. The number of amides is 2. The first kappa shape index (κ1) is 21.9. The molecule has 1 aromatic rings. The maximum absolute atomic E-state index is 13.0. The van der Waals surface area contributed by atoms with Gasteiger partial charge < -0.3 is 20.1 Å². The van der Waals surface area contributed by atoms with Crippen molar-refractivity contribution in [2.45, 2.75) is 40.0 Å².